The molecule has 2 saturated heterocycles. The number of fused-ring (bicyclic) bond motifs is 2. The minimum atomic E-state index is -0.991. The van der Waals surface area contributed by atoms with Crippen LogP contribution < -0.4 is 14.8 Å². The first-order valence-corrected chi connectivity index (χ1v) is 17.5. The Kier molecular flexibility index (Phi) is 8.74. The summed E-state index contributed by atoms with van der Waals surface area (Å²) < 4.78 is 41.1. The lowest BCUT2D eigenvalue weighted by Crippen LogP contribution is -2.54. The number of rotatable bonds is 10. The van der Waals surface area contributed by atoms with Crippen LogP contribution in [0.3, 0.4) is 0 Å². The summed E-state index contributed by atoms with van der Waals surface area (Å²) >= 11 is 0. The lowest BCUT2D eigenvalue weighted by molar-refractivity contribution is -0.136. The van der Waals surface area contributed by atoms with E-state index in [2.05, 4.69) is 15.2 Å². The predicted molar refractivity (Wildman–Crippen MR) is 180 cm³/mol. The van der Waals surface area contributed by atoms with E-state index in [-0.39, 0.29) is 30.1 Å². The lowest BCUT2D eigenvalue weighted by atomic mass is 9.81. The summed E-state index contributed by atoms with van der Waals surface area (Å²) in [6, 6.07) is 11.4. The molecular formula is C38H37F2N5O6. The fourth-order valence-electron chi connectivity index (χ4n) is 7.65. The summed E-state index contributed by atoms with van der Waals surface area (Å²) in [5, 5.41) is 2.21. The van der Waals surface area contributed by atoms with E-state index in [1.54, 1.807) is 24.4 Å². The summed E-state index contributed by atoms with van der Waals surface area (Å²) in [6.07, 6.45) is 9.05. The Morgan fingerprint density at radius 2 is 1.65 bits per heavy atom. The SMILES string of the molecule is O=C1CCC(N2C(=O)c3ccc(OCCC4CCN(C[C@H]5C[C@H](Oc6ccn7cc(-c8ccc(F)c(F)c8)nc7c6)C5)CC4)cc3C2=O)C(=O)N1. The van der Waals surface area contributed by atoms with Crippen molar-refractivity contribution in [2.75, 3.05) is 26.2 Å². The zero-order valence-corrected chi connectivity index (χ0v) is 27.9. The summed E-state index contributed by atoms with van der Waals surface area (Å²) in [4.78, 5) is 57.9. The molecule has 1 N–H and O–H groups in total. The van der Waals surface area contributed by atoms with Gasteiger partial charge in [-0.3, -0.25) is 29.4 Å². The van der Waals surface area contributed by atoms with Gasteiger partial charge in [-0.1, -0.05) is 0 Å². The van der Waals surface area contributed by atoms with Crippen molar-refractivity contribution in [3.63, 3.8) is 0 Å². The van der Waals surface area contributed by atoms with Crippen molar-refractivity contribution in [2.45, 2.75) is 57.1 Å². The number of nitrogens with zero attached hydrogens (tertiary/aromatic N) is 4. The normalized spacial score (nSPS) is 22.6. The molecule has 4 aliphatic rings. The zero-order valence-electron chi connectivity index (χ0n) is 27.9. The quantitative estimate of drug-likeness (QED) is 0.230. The molecule has 13 heteroatoms. The second kappa shape index (κ2) is 13.5. The van der Waals surface area contributed by atoms with Crippen LogP contribution in [-0.4, -0.2) is 81.2 Å². The molecule has 4 aromatic rings. The van der Waals surface area contributed by atoms with E-state index in [0.29, 0.717) is 41.1 Å². The van der Waals surface area contributed by atoms with E-state index in [4.69, 9.17) is 9.47 Å². The number of pyridine rings is 1. The van der Waals surface area contributed by atoms with Crippen molar-refractivity contribution in [3.05, 3.63) is 83.7 Å². The van der Waals surface area contributed by atoms with Crippen LogP contribution >= 0.6 is 0 Å². The molecule has 2 aromatic carbocycles. The smallest absolute Gasteiger partial charge is 0.262 e. The summed E-state index contributed by atoms with van der Waals surface area (Å²) in [7, 11) is 0. The van der Waals surface area contributed by atoms with Crippen molar-refractivity contribution in [1.29, 1.82) is 0 Å². The number of amides is 4. The molecule has 1 atom stereocenters. The van der Waals surface area contributed by atoms with Crippen LogP contribution in [0.15, 0.2) is 60.9 Å². The molecule has 1 saturated carbocycles. The first-order chi connectivity index (χ1) is 24.7. The number of carbonyl (C=O) groups excluding carboxylic acids is 4. The number of benzene rings is 2. The molecule has 0 spiro atoms. The fraction of sp³-hybridized carbons (Fsp3) is 0.395. The minimum Gasteiger partial charge on any atom is -0.494 e. The molecule has 3 aliphatic heterocycles. The van der Waals surface area contributed by atoms with Crippen LogP contribution in [0.1, 0.15) is 65.7 Å². The van der Waals surface area contributed by atoms with Gasteiger partial charge >= 0.3 is 0 Å². The van der Waals surface area contributed by atoms with Gasteiger partial charge in [0, 0.05) is 37.0 Å². The number of imide groups is 2. The number of hydrogen-bond acceptors (Lipinski definition) is 8. The number of ether oxygens (including phenoxy) is 2. The van der Waals surface area contributed by atoms with Crippen molar-refractivity contribution in [2.24, 2.45) is 11.8 Å². The molecule has 264 valence electrons. The third-order valence-corrected chi connectivity index (χ3v) is 10.6. The van der Waals surface area contributed by atoms with Gasteiger partial charge in [-0.25, -0.2) is 13.8 Å². The number of imidazole rings is 1. The van der Waals surface area contributed by atoms with Gasteiger partial charge in [-0.2, -0.15) is 0 Å². The van der Waals surface area contributed by atoms with E-state index in [0.717, 1.165) is 74.5 Å². The number of halogens is 2. The van der Waals surface area contributed by atoms with Crippen LogP contribution in [0.2, 0.25) is 0 Å². The molecule has 11 nitrogen and oxygen atoms in total. The van der Waals surface area contributed by atoms with Gasteiger partial charge in [0.15, 0.2) is 11.6 Å². The molecule has 5 heterocycles. The molecule has 4 amide bonds. The Labute approximate surface area is 292 Å². The lowest BCUT2D eigenvalue weighted by Gasteiger charge is -2.40. The van der Waals surface area contributed by atoms with Gasteiger partial charge < -0.3 is 18.8 Å². The average molecular weight is 698 g/mol. The maximum Gasteiger partial charge on any atom is 0.262 e. The topological polar surface area (TPSA) is 123 Å². The van der Waals surface area contributed by atoms with Gasteiger partial charge in [0.2, 0.25) is 11.8 Å². The standard InChI is InChI=1S/C38H37F2N5O6/c39-30-4-1-24(17-31(30)40)32-21-44-13-9-26(19-34(44)41-32)51-27-15-23(16-27)20-43-11-7-22(8-12-43)10-14-50-25-2-3-28-29(18-25)38(49)45(37(28)48)33-5-6-35(46)42-36(33)47/h1-4,9,13,17-19,21-23,27,33H,5-8,10-12,14-16,20H2,(H,42,46,47)/t23-,27-,33?. The highest BCUT2D eigenvalue weighted by Gasteiger charge is 2.44. The van der Waals surface area contributed by atoms with E-state index in [9.17, 15) is 28.0 Å². The first kappa shape index (κ1) is 33.0. The molecule has 2 aromatic heterocycles. The summed E-state index contributed by atoms with van der Waals surface area (Å²) in [6.45, 7) is 3.63. The molecular weight excluding hydrogens is 660 g/mol. The summed E-state index contributed by atoms with van der Waals surface area (Å²) in [5.74, 6) is -1.51. The van der Waals surface area contributed by atoms with Crippen molar-refractivity contribution in [1.82, 2.24) is 24.5 Å². The Balaban J connectivity index is 0.753. The highest BCUT2D eigenvalue weighted by atomic mass is 19.2. The Hall–Kier alpha value is -5.17. The highest BCUT2D eigenvalue weighted by molar-refractivity contribution is 6.23. The van der Waals surface area contributed by atoms with E-state index < -0.39 is 41.3 Å². The monoisotopic (exact) mass is 697 g/mol. The maximum absolute atomic E-state index is 13.7. The van der Waals surface area contributed by atoms with Gasteiger partial charge in [-0.15, -0.1) is 0 Å². The fourth-order valence-corrected chi connectivity index (χ4v) is 7.65. The van der Waals surface area contributed by atoms with Crippen LogP contribution in [0, 0.1) is 23.5 Å². The molecule has 0 bridgehead atoms. The molecule has 1 aliphatic carbocycles. The Bertz CT molecular complexity index is 2040. The third kappa shape index (κ3) is 6.69. The molecule has 51 heavy (non-hydrogen) atoms. The average Bonchev–Trinajstić information content (AvgIpc) is 3.63. The van der Waals surface area contributed by atoms with E-state index in [1.165, 1.54) is 6.07 Å². The van der Waals surface area contributed by atoms with Crippen LogP contribution in [-0.2, 0) is 9.59 Å². The first-order valence-electron chi connectivity index (χ1n) is 17.5. The largest absolute Gasteiger partial charge is 0.494 e. The number of nitrogens with one attached hydrogen (secondary N) is 1. The van der Waals surface area contributed by atoms with E-state index in [1.807, 2.05) is 22.7 Å². The van der Waals surface area contributed by atoms with Crippen LogP contribution in [0.25, 0.3) is 16.9 Å². The Morgan fingerprint density at radius 3 is 2.43 bits per heavy atom. The highest BCUT2D eigenvalue weighted by Crippen LogP contribution is 2.35. The Morgan fingerprint density at radius 1 is 0.843 bits per heavy atom. The predicted octanol–water partition coefficient (Wildman–Crippen LogP) is 5.02. The zero-order chi connectivity index (χ0) is 35.2. The summed E-state index contributed by atoms with van der Waals surface area (Å²) in [5.41, 5.74) is 2.20. The second-order valence-electron chi connectivity index (χ2n) is 14.0. The number of hydrogen-bond donors (Lipinski definition) is 1. The van der Waals surface area contributed by atoms with Gasteiger partial charge in [-0.05, 0) is 106 Å². The van der Waals surface area contributed by atoms with Crippen molar-refractivity contribution < 1.29 is 37.4 Å². The van der Waals surface area contributed by atoms with Crippen molar-refractivity contribution in [3.8, 4) is 22.8 Å². The molecule has 3 fully saturated rings. The van der Waals surface area contributed by atoms with Gasteiger partial charge in [0.05, 0.1) is 29.5 Å². The second-order valence-corrected chi connectivity index (χ2v) is 14.0. The minimum absolute atomic E-state index is 0.0784. The maximum atomic E-state index is 13.7. The van der Waals surface area contributed by atoms with E-state index >= 15 is 0 Å². The number of carbonyl (C=O) groups is 4. The van der Waals surface area contributed by atoms with Gasteiger partial charge in [0.25, 0.3) is 11.8 Å². The van der Waals surface area contributed by atoms with Crippen molar-refractivity contribution >= 4 is 29.3 Å². The third-order valence-electron chi connectivity index (χ3n) is 10.6. The molecule has 8 rings (SSSR count). The molecule has 0 radical (unpaired) electrons. The van der Waals surface area contributed by atoms with Crippen LogP contribution in [0.5, 0.6) is 11.5 Å². The number of aromatic nitrogens is 2. The number of piperidine rings is 2. The van der Waals surface area contributed by atoms with Gasteiger partial charge in [0.1, 0.15) is 23.2 Å². The number of likely N-dealkylation sites (tertiary alicyclic amines) is 1. The van der Waals surface area contributed by atoms with Crippen LogP contribution in [0.4, 0.5) is 8.78 Å². The molecule has 1 unspecified atom stereocenters.